The third-order valence-corrected chi connectivity index (χ3v) is 8.66. The van der Waals surface area contributed by atoms with Crippen LogP contribution in [0.25, 0.3) is 0 Å². The predicted molar refractivity (Wildman–Crippen MR) is 130 cm³/mol. The fraction of sp³-hybridized carbons (Fsp3) is 0.481. The van der Waals surface area contributed by atoms with Gasteiger partial charge in [0.15, 0.2) is 5.13 Å². The highest BCUT2D eigenvalue weighted by atomic mass is 32.1. The largest absolute Gasteiger partial charge is 0.373 e. The summed E-state index contributed by atoms with van der Waals surface area (Å²) in [6, 6.07) is 9.96. The van der Waals surface area contributed by atoms with E-state index in [1.165, 1.54) is 28.0 Å². The molecule has 2 atom stereocenters. The van der Waals surface area contributed by atoms with Crippen LogP contribution in [0.1, 0.15) is 60.1 Å². The van der Waals surface area contributed by atoms with E-state index in [9.17, 15) is 4.39 Å². The van der Waals surface area contributed by atoms with Gasteiger partial charge in [0.2, 0.25) is 0 Å². The molecule has 6 heteroatoms. The van der Waals surface area contributed by atoms with E-state index in [0.717, 1.165) is 56.0 Å². The molecule has 2 aliphatic heterocycles. The Balaban J connectivity index is 1.47. The third-order valence-electron chi connectivity index (χ3n) is 7.73. The Morgan fingerprint density at radius 3 is 2.85 bits per heavy atom. The summed E-state index contributed by atoms with van der Waals surface area (Å²) >= 11 is 1.27. The molecule has 1 saturated heterocycles. The van der Waals surface area contributed by atoms with Gasteiger partial charge in [-0.05, 0) is 94.0 Å². The van der Waals surface area contributed by atoms with Crippen molar-refractivity contribution in [2.75, 3.05) is 19.7 Å². The summed E-state index contributed by atoms with van der Waals surface area (Å²) in [7, 11) is 0. The molecule has 5 heterocycles. The highest BCUT2D eigenvalue weighted by Gasteiger charge is 2.50. The Morgan fingerprint density at radius 2 is 2.09 bits per heavy atom. The zero-order chi connectivity index (χ0) is 23.1. The molecule has 0 amide bonds. The summed E-state index contributed by atoms with van der Waals surface area (Å²) in [6.45, 7) is 9.28. The lowest BCUT2D eigenvalue weighted by Gasteiger charge is -2.43. The van der Waals surface area contributed by atoms with Gasteiger partial charge in [-0.25, -0.2) is 0 Å². The molecule has 0 radical (unpaired) electrons. The second-order valence-electron chi connectivity index (χ2n) is 10.1. The number of thiophene rings is 1. The molecular formula is C27H32FN3OS. The van der Waals surface area contributed by atoms with E-state index in [4.69, 9.17) is 4.74 Å². The monoisotopic (exact) mass is 465 g/mol. The van der Waals surface area contributed by atoms with E-state index in [-0.39, 0.29) is 22.2 Å². The van der Waals surface area contributed by atoms with E-state index in [0.29, 0.717) is 0 Å². The summed E-state index contributed by atoms with van der Waals surface area (Å²) < 4.78 is 20.2. The summed E-state index contributed by atoms with van der Waals surface area (Å²) in [5, 5.41) is -0.106. The van der Waals surface area contributed by atoms with Gasteiger partial charge in [-0.15, -0.1) is 11.3 Å². The molecule has 0 aromatic carbocycles. The Kier molecular flexibility index (Phi) is 6.10. The molecule has 0 aliphatic carbocycles. The molecular weight excluding hydrogens is 433 g/mol. The smallest absolute Gasteiger partial charge is 0.176 e. The Hall–Kier alpha value is -2.15. The second kappa shape index (κ2) is 8.90. The molecule has 3 aromatic heterocycles. The van der Waals surface area contributed by atoms with Crippen molar-refractivity contribution in [3.8, 4) is 0 Å². The number of halogens is 1. The predicted octanol–water partition coefficient (Wildman–Crippen LogP) is 5.86. The van der Waals surface area contributed by atoms with Gasteiger partial charge >= 0.3 is 0 Å². The fourth-order valence-electron chi connectivity index (χ4n) is 5.58. The minimum Gasteiger partial charge on any atom is -0.373 e. The number of hydrogen-bond donors (Lipinski definition) is 0. The molecule has 1 fully saturated rings. The van der Waals surface area contributed by atoms with Crippen molar-refractivity contribution in [3.63, 3.8) is 0 Å². The molecule has 5 rings (SSSR count). The number of aryl methyl sites for hydroxylation is 2. The zero-order valence-electron chi connectivity index (χ0n) is 19.7. The third kappa shape index (κ3) is 4.36. The van der Waals surface area contributed by atoms with E-state index in [1.54, 1.807) is 6.07 Å². The molecule has 0 N–H and O–H groups in total. The lowest BCUT2D eigenvalue weighted by molar-refractivity contribution is -0.0562. The summed E-state index contributed by atoms with van der Waals surface area (Å²) in [5.41, 5.74) is 4.69. The molecule has 174 valence electrons. The average Bonchev–Trinajstić information content (AvgIpc) is 3.45. The lowest BCUT2D eigenvalue weighted by atomic mass is 9.72. The highest BCUT2D eigenvalue weighted by molar-refractivity contribution is 7.10. The standard InChI is InChI=1S/C27H32FN3OS/c1-19-4-5-21(17-30-19)26(2,3)31-14-12-27(18-31,11-8-22-6-7-24(28)33-22)25-23-9-13-29-16-20(23)10-15-32-25/h4-7,9,13,16-17,25H,8,10-12,14-15,18H2,1-3H3. The normalized spacial score (nSPS) is 23.6. The van der Waals surface area contributed by atoms with Crippen LogP contribution in [0.5, 0.6) is 0 Å². The SMILES string of the molecule is Cc1ccc(C(C)(C)N2CCC(CCc3ccc(F)s3)(C3OCCc4cnccc43)C2)cn1. The molecule has 0 bridgehead atoms. The van der Waals surface area contributed by atoms with Crippen molar-refractivity contribution >= 4 is 11.3 Å². The topological polar surface area (TPSA) is 38.2 Å². The molecule has 3 aromatic rings. The van der Waals surface area contributed by atoms with Crippen LogP contribution < -0.4 is 0 Å². The molecule has 33 heavy (non-hydrogen) atoms. The van der Waals surface area contributed by atoms with Crippen LogP contribution in [-0.2, 0) is 23.1 Å². The number of hydrogen-bond acceptors (Lipinski definition) is 5. The van der Waals surface area contributed by atoms with E-state index in [1.807, 2.05) is 31.6 Å². The molecule has 0 saturated carbocycles. The van der Waals surface area contributed by atoms with Gasteiger partial charge in [0.25, 0.3) is 0 Å². The summed E-state index contributed by atoms with van der Waals surface area (Å²) in [5.74, 6) is 0. The van der Waals surface area contributed by atoms with Gasteiger partial charge in [-0.1, -0.05) is 6.07 Å². The first-order chi connectivity index (χ1) is 15.9. The minimum absolute atomic E-state index is 0.0333. The van der Waals surface area contributed by atoms with Gasteiger partial charge in [0.05, 0.1) is 12.7 Å². The number of pyridine rings is 2. The van der Waals surface area contributed by atoms with Gasteiger partial charge in [0, 0.05) is 46.7 Å². The number of fused-ring (bicyclic) bond motifs is 1. The van der Waals surface area contributed by atoms with Crippen LogP contribution in [0.4, 0.5) is 4.39 Å². The Bertz CT molecular complexity index is 1110. The van der Waals surface area contributed by atoms with E-state index >= 15 is 0 Å². The summed E-state index contributed by atoms with van der Waals surface area (Å²) in [4.78, 5) is 12.6. The molecule has 4 nitrogen and oxygen atoms in total. The number of ether oxygens (including phenoxy) is 1. The van der Waals surface area contributed by atoms with Crippen LogP contribution in [0.3, 0.4) is 0 Å². The number of aromatic nitrogens is 2. The quantitative estimate of drug-likeness (QED) is 0.457. The second-order valence-corrected chi connectivity index (χ2v) is 11.2. The van der Waals surface area contributed by atoms with Crippen molar-refractivity contribution in [2.24, 2.45) is 5.41 Å². The van der Waals surface area contributed by atoms with E-state index in [2.05, 4.69) is 46.9 Å². The Labute approximate surface area is 199 Å². The van der Waals surface area contributed by atoms with Crippen LogP contribution >= 0.6 is 11.3 Å². The average molecular weight is 466 g/mol. The first-order valence-corrected chi connectivity index (χ1v) is 12.7. The lowest BCUT2D eigenvalue weighted by Crippen LogP contribution is -2.43. The summed E-state index contributed by atoms with van der Waals surface area (Å²) in [6.07, 6.45) is 9.74. The van der Waals surface area contributed by atoms with Gasteiger partial charge in [-0.3, -0.25) is 14.9 Å². The van der Waals surface area contributed by atoms with Crippen molar-refractivity contribution in [2.45, 2.75) is 58.1 Å². The van der Waals surface area contributed by atoms with Gasteiger partial charge in [-0.2, -0.15) is 4.39 Å². The maximum Gasteiger partial charge on any atom is 0.176 e. The van der Waals surface area contributed by atoms with Crippen LogP contribution in [-0.4, -0.2) is 34.6 Å². The first-order valence-electron chi connectivity index (χ1n) is 11.8. The Morgan fingerprint density at radius 1 is 1.21 bits per heavy atom. The zero-order valence-corrected chi connectivity index (χ0v) is 20.5. The van der Waals surface area contributed by atoms with E-state index < -0.39 is 0 Å². The van der Waals surface area contributed by atoms with Crippen LogP contribution in [0, 0.1) is 17.5 Å². The van der Waals surface area contributed by atoms with Crippen LogP contribution in [0.15, 0.2) is 48.9 Å². The van der Waals surface area contributed by atoms with Crippen molar-refractivity contribution < 1.29 is 9.13 Å². The molecule has 2 unspecified atom stereocenters. The van der Waals surface area contributed by atoms with Crippen LogP contribution in [0.2, 0.25) is 0 Å². The van der Waals surface area contributed by atoms with Crippen molar-refractivity contribution in [3.05, 3.63) is 81.3 Å². The van der Waals surface area contributed by atoms with Crippen molar-refractivity contribution in [1.29, 1.82) is 0 Å². The fourth-order valence-corrected chi connectivity index (χ4v) is 6.31. The van der Waals surface area contributed by atoms with Gasteiger partial charge < -0.3 is 4.74 Å². The minimum atomic E-state index is -0.132. The number of likely N-dealkylation sites (tertiary alicyclic amines) is 1. The highest BCUT2D eigenvalue weighted by Crippen LogP contribution is 2.52. The number of rotatable bonds is 6. The maximum atomic E-state index is 13.7. The molecule has 0 spiro atoms. The first kappa shape index (κ1) is 22.6. The van der Waals surface area contributed by atoms with Gasteiger partial charge in [0.1, 0.15) is 0 Å². The molecule has 2 aliphatic rings. The number of nitrogens with zero attached hydrogens (tertiary/aromatic N) is 3. The maximum absolute atomic E-state index is 13.7. The van der Waals surface area contributed by atoms with Crippen molar-refractivity contribution in [1.82, 2.24) is 14.9 Å².